The van der Waals surface area contributed by atoms with Crippen molar-refractivity contribution in [2.75, 3.05) is 19.0 Å². The number of nitrogens with zero attached hydrogens (tertiary/aromatic N) is 2. The zero-order valence-corrected chi connectivity index (χ0v) is 8.72. The van der Waals surface area contributed by atoms with Crippen molar-refractivity contribution in [2.24, 2.45) is 0 Å². The van der Waals surface area contributed by atoms with Crippen LogP contribution >= 0.6 is 11.6 Å². The van der Waals surface area contributed by atoms with E-state index >= 15 is 0 Å². The average molecular weight is 212 g/mol. The highest BCUT2D eigenvalue weighted by Gasteiger charge is 2.03. The van der Waals surface area contributed by atoms with Gasteiger partial charge < -0.3 is 10.1 Å². The van der Waals surface area contributed by atoms with E-state index in [-0.39, 0.29) is 6.01 Å². The molecule has 0 aromatic carbocycles. The summed E-state index contributed by atoms with van der Waals surface area (Å²) in [7, 11) is 1.50. The molecule has 5 heteroatoms. The van der Waals surface area contributed by atoms with Crippen LogP contribution in [0.1, 0.15) is 6.92 Å². The van der Waals surface area contributed by atoms with Gasteiger partial charge >= 0.3 is 6.01 Å². The molecule has 0 amide bonds. The monoisotopic (exact) mass is 211 g/mol. The van der Waals surface area contributed by atoms with Crippen molar-refractivity contribution < 1.29 is 4.74 Å². The predicted octanol–water partition coefficient (Wildman–Crippen LogP) is 1.57. The van der Waals surface area contributed by atoms with Crippen molar-refractivity contribution in [1.82, 2.24) is 9.97 Å². The summed E-state index contributed by atoms with van der Waals surface area (Å²) in [5, 5.41) is 3.40. The molecule has 0 bridgehead atoms. The second-order valence-electron chi connectivity index (χ2n) is 2.33. The van der Waals surface area contributed by atoms with E-state index in [1.54, 1.807) is 6.92 Å². The van der Waals surface area contributed by atoms with Crippen molar-refractivity contribution in [2.45, 2.75) is 6.92 Å². The number of hydrogen-bond acceptors (Lipinski definition) is 4. The van der Waals surface area contributed by atoms with E-state index in [0.29, 0.717) is 17.4 Å². The molecule has 14 heavy (non-hydrogen) atoms. The summed E-state index contributed by atoms with van der Waals surface area (Å²) in [4.78, 5) is 7.86. The topological polar surface area (TPSA) is 47.0 Å². The van der Waals surface area contributed by atoms with Gasteiger partial charge in [0.2, 0.25) is 0 Å². The van der Waals surface area contributed by atoms with Crippen LogP contribution in [0, 0.1) is 11.8 Å². The van der Waals surface area contributed by atoms with Crippen LogP contribution in [0.4, 0.5) is 5.82 Å². The maximum Gasteiger partial charge on any atom is 0.318 e. The maximum atomic E-state index is 5.84. The first-order chi connectivity index (χ1) is 6.77. The molecule has 0 saturated heterocycles. The van der Waals surface area contributed by atoms with Gasteiger partial charge in [-0.05, 0) is 6.92 Å². The third kappa shape index (κ3) is 2.79. The quantitative estimate of drug-likeness (QED) is 0.772. The number of nitrogens with one attached hydrogen (secondary N) is 1. The molecule has 0 saturated carbocycles. The van der Waals surface area contributed by atoms with Crippen LogP contribution in [0.2, 0.25) is 5.02 Å². The molecule has 1 N–H and O–H groups in total. The van der Waals surface area contributed by atoms with E-state index in [0.717, 1.165) is 0 Å². The van der Waals surface area contributed by atoms with Crippen molar-refractivity contribution >= 4 is 17.4 Å². The number of hydrogen-bond donors (Lipinski definition) is 1. The molecular formula is C9H10ClN3O. The highest BCUT2D eigenvalue weighted by atomic mass is 35.5. The van der Waals surface area contributed by atoms with Crippen LogP contribution < -0.4 is 10.1 Å². The zero-order valence-electron chi connectivity index (χ0n) is 7.97. The van der Waals surface area contributed by atoms with Crippen LogP contribution in [0.5, 0.6) is 6.01 Å². The highest BCUT2D eigenvalue weighted by Crippen LogP contribution is 2.19. The predicted molar refractivity (Wildman–Crippen MR) is 55.5 cm³/mol. The van der Waals surface area contributed by atoms with Gasteiger partial charge in [0.05, 0.1) is 19.9 Å². The van der Waals surface area contributed by atoms with Crippen molar-refractivity contribution in [3.8, 4) is 17.9 Å². The molecule has 0 aliphatic heterocycles. The first-order valence-corrected chi connectivity index (χ1v) is 4.35. The number of ether oxygens (including phenoxy) is 1. The minimum atomic E-state index is 0.279. The minimum Gasteiger partial charge on any atom is -0.467 e. The molecule has 1 aromatic heterocycles. The van der Waals surface area contributed by atoms with Gasteiger partial charge in [0.1, 0.15) is 5.02 Å². The van der Waals surface area contributed by atoms with Gasteiger partial charge in [-0.25, -0.2) is 4.98 Å². The van der Waals surface area contributed by atoms with Gasteiger partial charge in [0.25, 0.3) is 0 Å². The molecule has 0 fully saturated rings. The maximum absolute atomic E-state index is 5.84. The Morgan fingerprint density at radius 1 is 1.64 bits per heavy atom. The average Bonchev–Trinajstić information content (AvgIpc) is 2.21. The lowest BCUT2D eigenvalue weighted by Crippen LogP contribution is -2.03. The summed E-state index contributed by atoms with van der Waals surface area (Å²) < 4.78 is 4.86. The Morgan fingerprint density at radius 3 is 3.07 bits per heavy atom. The lowest BCUT2D eigenvalue weighted by molar-refractivity contribution is 0.380. The molecule has 0 unspecified atom stereocenters. The lowest BCUT2D eigenvalue weighted by atomic mass is 10.5. The fourth-order valence-electron chi connectivity index (χ4n) is 0.790. The smallest absolute Gasteiger partial charge is 0.318 e. The molecule has 1 rings (SSSR count). The Labute approximate surface area is 87.7 Å². The van der Waals surface area contributed by atoms with E-state index in [1.807, 2.05) is 0 Å². The van der Waals surface area contributed by atoms with E-state index in [9.17, 15) is 0 Å². The van der Waals surface area contributed by atoms with Gasteiger partial charge in [-0.15, -0.1) is 5.92 Å². The molecule has 0 spiro atoms. The van der Waals surface area contributed by atoms with Crippen molar-refractivity contribution in [3.05, 3.63) is 11.2 Å². The van der Waals surface area contributed by atoms with E-state index in [1.165, 1.54) is 13.3 Å². The van der Waals surface area contributed by atoms with Crippen molar-refractivity contribution in [3.63, 3.8) is 0 Å². The number of halogens is 1. The Kier molecular flexibility index (Phi) is 4.02. The second kappa shape index (κ2) is 5.30. The molecule has 0 atom stereocenters. The molecule has 0 radical (unpaired) electrons. The first kappa shape index (κ1) is 10.6. The summed E-state index contributed by atoms with van der Waals surface area (Å²) in [5.41, 5.74) is 0. The molecule has 0 aliphatic carbocycles. The van der Waals surface area contributed by atoms with E-state index in [2.05, 4.69) is 27.1 Å². The summed E-state index contributed by atoms with van der Waals surface area (Å²) >= 11 is 5.84. The third-order valence-corrected chi connectivity index (χ3v) is 1.70. The molecular weight excluding hydrogens is 202 g/mol. The summed E-state index contributed by atoms with van der Waals surface area (Å²) in [6, 6.07) is 0.279. The van der Waals surface area contributed by atoms with Gasteiger partial charge in [0.15, 0.2) is 5.82 Å². The van der Waals surface area contributed by atoms with Gasteiger partial charge in [-0.2, -0.15) is 4.98 Å². The second-order valence-corrected chi connectivity index (χ2v) is 2.74. The van der Waals surface area contributed by atoms with Crippen molar-refractivity contribution in [1.29, 1.82) is 0 Å². The summed E-state index contributed by atoms with van der Waals surface area (Å²) in [6.45, 7) is 2.26. The highest BCUT2D eigenvalue weighted by molar-refractivity contribution is 6.32. The third-order valence-electron chi connectivity index (χ3n) is 1.43. The standard InChI is InChI=1S/C9H10ClN3O/c1-3-4-5-11-8-7(10)6-12-9(13-8)14-2/h6H,5H2,1-2H3,(H,11,12,13). The fourth-order valence-corrected chi connectivity index (χ4v) is 0.947. The number of anilines is 1. The van der Waals surface area contributed by atoms with Crippen LogP contribution in [0.15, 0.2) is 6.20 Å². The number of aromatic nitrogens is 2. The Bertz CT molecular complexity index is 370. The van der Waals surface area contributed by atoms with Crippen LogP contribution in [0.25, 0.3) is 0 Å². The molecule has 1 aromatic rings. The first-order valence-electron chi connectivity index (χ1n) is 3.98. The number of rotatable bonds is 3. The number of methoxy groups -OCH3 is 1. The summed E-state index contributed by atoms with van der Waals surface area (Å²) in [5.74, 6) is 6.13. The van der Waals surface area contributed by atoms with E-state index < -0.39 is 0 Å². The molecule has 1 heterocycles. The molecule has 0 aliphatic rings. The Hall–Kier alpha value is -1.47. The van der Waals surface area contributed by atoms with Gasteiger partial charge in [-0.1, -0.05) is 17.5 Å². The Morgan fingerprint density at radius 2 is 2.43 bits per heavy atom. The fraction of sp³-hybridized carbons (Fsp3) is 0.333. The summed E-state index contributed by atoms with van der Waals surface area (Å²) in [6.07, 6.45) is 1.48. The molecule has 74 valence electrons. The minimum absolute atomic E-state index is 0.279. The van der Waals surface area contributed by atoms with E-state index in [4.69, 9.17) is 16.3 Å². The lowest BCUT2D eigenvalue weighted by Gasteiger charge is -2.04. The van der Waals surface area contributed by atoms with Crippen LogP contribution in [0.3, 0.4) is 0 Å². The Balaban J connectivity index is 2.76. The normalized spacial score (nSPS) is 8.79. The van der Waals surface area contributed by atoms with Crippen LogP contribution in [-0.2, 0) is 0 Å². The molecule has 4 nitrogen and oxygen atoms in total. The van der Waals surface area contributed by atoms with Gasteiger partial charge in [0, 0.05) is 0 Å². The largest absolute Gasteiger partial charge is 0.467 e. The zero-order chi connectivity index (χ0) is 10.4. The SMILES string of the molecule is CC#CCNc1nc(OC)ncc1Cl. The van der Waals surface area contributed by atoms with Gasteiger partial charge in [-0.3, -0.25) is 0 Å². The van der Waals surface area contributed by atoms with Crippen LogP contribution in [-0.4, -0.2) is 23.6 Å².